The molecular weight excluding hydrogens is 449 g/mol. The van der Waals surface area contributed by atoms with E-state index >= 15 is 0 Å². The van der Waals surface area contributed by atoms with E-state index in [4.69, 9.17) is 15.2 Å². The van der Waals surface area contributed by atoms with E-state index in [9.17, 15) is 22.0 Å². The lowest BCUT2D eigenvalue weighted by Gasteiger charge is -2.44. The predicted octanol–water partition coefficient (Wildman–Crippen LogP) is 4.79. The first kappa shape index (κ1) is 23.2. The van der Waals surface area contributed by atoms with Gasteiger partial charge in [-0.3, -0.25) is 4.90 Å². The maximum Gasteiger partial charge on any atom is 0.521 e. The summed E-state index contributed by atoms with van der Waals surface area (Å²) in [5, 5.41) is 8.40. The lowest BCUT2D eigenvalue weighted by Crippen LogP contribution is -2.54. The van der Waals surface area contributed by atoms with Gasteiger partial charge in [0.2, 0.25) is 0 Å². The van der Waals surface area contributed by atoms with Crippen LogP contribution in [0.4, 0.5) is 39.0 Å². The van der Waals surface area contributed by atoms with Crippen LogP contribution >= 0.6 is 0 Å². The second kappa shape index (κ2) is 9.10. The molecule has 0 bridgehead atoms. The van der Waals surface area contributed by atoms with Crippen LogP contribution in [0.3, 0.4) is 0 Å². The summed E-state index contributed by atoms with van der Waals surface area (Å²) in [5.41, 5.74) is 5.65. The molecule has 0 radical (unpaired) electrons. The highest BCUT2D eigenvalue weighted by atomic mass is 19.4. The number of nitrogen functional groups attached to an aromatic ring is 1. The number of anilines is 2. The maximum atomic E-state index is 14.8. The molecule has 4 rings (SSSR count). The van der Waals surface area contributed by atoms with E-state index < -0.39 is 24.0 Å². The molecule has 33 heavy (non-hydrogen) atoms. The standard InChI is InChI=1S/C21H22F5N5O2/c1-11-9-31(6-7-32-11)16-10-33-17-8-12(22)2-3-13(17)19(16)28-20-14(23)4-5-15(18(20)27)29-30-21(24,25)26/h2-5,8,11,16,19,28H,6-7,9-10,27H2,1H3. The van der Waals surface area contributed by atoms with Crippen LogP contribution in [0.5, 0.6) is 5.75 Å². The summed E-state index contributed by atoms with van der Waals surface area (Å²) >= 11 is 0. The molecule has 3 atom stereocenters. The molecule has 0 amide bonds. The van der Waals surface area contributed by atoms with E-state index in [0.29, 0.717) is 25.3 Å². The van der Waals surface area contributed by atoms with Crippen molar-refractivity contribution in [1.29, 1.82) is 0 Å². The number of halogens is 5. The van der Waals surface area contributed by atoms with Crippen molar-refractivity contribution in [2.24, 2.45) is 10.2 Å². The molecule has 2 aliphatic rings. The Morgan fingerprint density at radius 3 is 2.70 bits per heavy atom. The third-order valence-electron chi connectivity index (χ3n) is 5.59. The molecule has 3 N–H and O–H groups in total. The highest BCUT2D eigenvalue weighted by Crippen LogP contribution is 2.41. The summed E-state index contributed by atoms with van der Waals surface area (Å²) in [7, 11) is 0. The van der Waals surface area contributed by atoms with Crippen LogP contribution in [0, 0.1) is 11.6 Å². The summed E-state index contributed by atoms with van der Waals surface area (Å²) in [6, 6.07) is 5.07. The second-order valence-electron chi connectivity index (χ2n) is 7.88. The fourth-order valence-corrected chi connectivity index (χ4v) is 4.09. The largest absolute Gasteiger partial charge is 0.521 e. The van der Waals surface area contributed by atoms with E-state index in [1.54, 1.807) is 0 Å². The van der Waals surface area contributed by atoms with E-state index in [-0.39, 0.29) is 41.6 Å². The van der Waals surface area contributed by atoms with E-state index in [1.165, 1.54) is 18.2 Å². The van der Waals surface area contributed by atoms with Crippen LogP contribution < -0.4 is 15.8 Å². The van der Waals surface area contributed by atoms with Gasteiger partial charge in [0, 0.05) is 24.7 Å². The number of hydrogen-bond donors (Lipinski definition) is 2. The van der Waals surface area contributed by atoms with Gasteiger partial charge in [0.1, 0.15) is 29.7 Å². The number of nitrogens with two attached hydrogens (primary N) is 1. The van der Waals surface area contributed by atoms with Crippen molar-refractivity contribution in [3.05, 3.63) is 47.5 Å². The van der Waals surface area contributed by atoms with Crippen LogP contribution in [0.1, 0.15) is 18.5 Å². The van der Waals surface area contributed by atoms with Crippen molar-refractivity contribution in [1.82, 2.24) is 4.90 Å². The zero-order valence-electron chi connectivity index (χ0n) is 17.6. The number of alkyl halides is 3. The fraction of sp³-hybridized carbons (Fsp3) is 0.429. The molecule has 0 saturated carbocycles. The molecule has 3 unspecified atom stereocenters. The van der Waals surface area contributed by atoms with Crippen molar-refractivity contribution in [2.75, 3.05) is 37.4 Å². The lowest BCUT2D eigenvalue weighted by atomic mass is 9.93. The Hall–Kier alpha value is -2.99. The van der Waals surface area contributed by atoms with Gasteiger partial charge < -0.3 is 20.5 Å². The van der Waals surface area contributed by atoms with Crippen LogP contribution in [-0.2, 0) is 4.74 Å². The summed E-state index contributed by atoms with van der Waals surface area (Å²) in [5.74, 6) is -0.981. The van der Waals surface area contributed by atoms with Crippen molar-refractivity contribution in [2.45, 2.75) is 31.4 Å². The van der Waals surface area contributed by atoms with Gasteiger partial charge in [0.05, 0.1) is 36.2 Å². The van der Waals surface area contributed by atoms with E-state index in [2.05, 4.69) is 20.4 Å². The molecule has 2 heterocycles. The SMILES string of the molecule is CC1CN(C2COc3cc(F)ccc3C2Nc2c(F)ccc(N=NC(F)(F)F)c2N)CCO1. The highest BCUT2D eigenvalue weighted by molar-refractivity contribution is 5.79. The number of ether oxygens (including phenoxy) is 2. The summed E-state index contributed by atoms with van der Waals surface area (Å²) in [4.78, 5) is 2.11. The first-order valence-corrected chi connectivity index (χ1v) is 10.2. The first-order valence-electron chi connectivity index (χ1n) is 10.2. The van der Waals surface area contributed by atoms with Gasteiger partial charge in [-0.05, 0) is 25.1 Å². The summed E-state index contributed by atoms with van der Waals surface area (Å²) < 4.78 is 77.3. The first-order chi connectivity index (χ1) is 15.6. The van der Waals surface area contributed by atoms with Gasteiger partial charge in [-0.15, -0.1) is 18.3 Å². The second-order valence-corrected chi connectivity index (χ2v) is 7.88. The molecule has 2 aromatic rings. The highest BCUT2D eigenvalue weighted by Gasteiger charge is 2.38. The third kappa shape index (κ3) is 5.17. The Labute approximate surface area is 186 Å². The number of hydrogen-bond acceptors (Lipinski definition) is 7. The fourth-order valence-electron chi connectivity index (χ4n) is 4.09. The van der Waals surface area contributed by atoms with Crippen molar-refractivity contribution in [3.63, 3.8) is 0 Å². The molecule has 0 aromatic heterocycles. The molecule has 0 spiro atoms. The van der Waals surface area contributed by atoms with Crippen LogP contribution in [-0.4, -0.2) is 49.6 Å². The van der Waals surface area contributed by atoms with Gasteiger partial charge in [-0.25, -0.2) is 8.78 Å². The Morgan fingerprint density at radius 1 is 1.18 bits per heavy atom. The Balaban J connectivity index is 1.72. The van der Waals surface area contributed by atoms with E-state index in [1.807, 2.05) is 6.92 Å². The summed E-state index contributed by atoms with van der Waals surface area (Å²) in [6.45, 7) is 3.76. The maximum absolute atomic E-state index is 14.8. The zero-order chi connectivity index (χ0) is 23.8. The Morgan fingerprint density at radius 2 is 1.97 bits per heavy atom. The average Bonchev–Trinajstić information content (AvgIpc) is 2.75. The zero-order valence-corrected chi connectivity index (χ0v) is 17.6. The van der Waals surface area contributed by atoms with Gasteiger partial charge in [0.25, 0.3) is 0 Å². The topological polar surface area (TPSA) is 84.5 Å². The predicted molar refractivity (Wildman–Crippen MR) is 110 cm³/mol. The number of morpholine rings is 1. The molecule has 1 saturated heterocycles. The molecule has 7 nitrogen and oxygen atoms in total. The van der Waals surface area contributed by atoms with Gasteiger partial charge in [0.15, 0.2) is 0 Å². The van der Waals surface area contributed by atoms with E-state index in [0.717, 1.165) is 12.1 Å². The molecule has 2 aromatic carbocycles. The normalized spacial score (nSPS) is 23.9. The van der Waals surface area contributed by atoms with Crippen LogP contribution in [0.25, 0.3) is 0 Å². The minimum atomic E-state index is -4.89. The molecule has 178 valence electrons. The number of fused-ring (bicyclic) bond motifs is 1. The van der Waals surface area contributed by atoms with Crippen molar-refractivity contribution >= 4 is 17.1 Å². The Bertz CT molecular complexity index is 1050. The molecule has 12 heteroatoms. The third-order valence-corrected chi connectivity index (χ3v) is 5.59. The molecule has 0 aliphatic carbocycles. The number of rotatable bonds is 4. The van der Waals surface area contributed by atoms with Crippen molar-refractivity contribution in [3.8, 4) is 5.75 Å². The molecule has 2 aliphatic heterocycles. The number of nitrogens with zero attached hydrogens (tertiary/aromatic N) is 3. The molecular formula is C21H22F5N5O2. The van der Waals surface area contributed by atoms with Crippen LogP contribution in [0.2, 0.25) is 0 Å². The minimum absolute atomic E-state index is 0.0399. The van der Waals surface area contributed by atoms with Crippen molar-refractivity contribution < 1.29 is 31.4 Å². The lowest BCUT2D eigenvalue weighted by molar-refractivity contribution is -0.125. The number of nitrogens with one attached hydrogen (secondary N) is 1. The summed E-state index contributed by atoms with van der Waals surface area (Å²) in [6.07, 6.45) is -4.93. The van der Waals surface area contributed by atoms with Gasteiger partial charge >= 0.3 is 6.30 Å². The quantitative estimate of drug-likeness (QED) is 0.290. The average molecular weight is 471 g/mol. The molecule has 1 fully saturated rings. The number of azo groups is 1. The van der Waals surface area contributed by atoms with Crippen LogP contribution in [0.15, 0.2) is 40.6 Å². The monoisotopic (exact) mass is 471 g/mol. The van der Waals surface area contributed by atoms with Gasteiger partial charge in [-0.2, -0.15) is 0 Å². The Kier molecular flexibility index (Phi) is 6.39. The smallest absolute Gasteiger partial charge is 0.491 e. The number of benzene rings is 2. The minimum Gasteiger partial charge on any atom is -0.491 e. The van der Waals surface area contributed by atoms with Gasteiger partial charge in [-0.1, -0.05) is 11.2 Å².